The molecule has 0 saturated heterocycles. The molecule has 0 fully saturated rings. The summed E-state index contributed by atoms with van der Waals surface area (Å²) in [5.74, 6) is 1.63. The van der Waals surface area contributed by atoms with Gasteiger partial charge in [-0.25, -0.2) is 0 Å². The number of ether oxygens (including phenoxy) is 2. The third-order valence-corrected chi connectivity index (χ3v) is 2.86. The summed E-state index contributed by atoms with van der Waals surface area (Å²) >= 11 is 0. The topological polar surface area (TPSA) is 38.7 Å². The Hall–Kier alpha value is -1.90. The molecule has 0 aromatic heterocycles. The highest BCUT2D eigenvalue weighted by atomic mass is 16.5. The zero-order valence-corrected chi connectivity index (χ0v) is 11.2. The second-order valence-electron chi connectivity index (χ2n) is 4.59. The average Bonchev–Trinajstić information content (AvgIpc) is 2.33. The Bertz CT molecular complexity index is 573. The van der Waals surface area contributed by atoms with Crippen LogP contribution in [-0.2, 0) is 0 Å². The van der Waals surface area contributed by atoms with Crippen LogP contribution in [0.15, 0.2) is 24.3 Å². The van der Waals surface area contributed by atoms with Crippen LogP contribution >= 0.6 is 0 Å². The molecule has 2 rings (SSSR count). The first-order valence-electron chi connectivity index (χ1n) is 6.00. The van der Waals surface area contributed by atoms with Crippen molar-refractivity contribution in [3.05, 3.63) is 29.8 Å². The average molecular weight is 246 g/mol. The van der Waals surface area contributed by atoms with Crippen LogP contribution in [-0.4, -0.2) is 18.3 Å². The lowest BCUT2D eigenvalue weighted by Crippen LogP contribution is -2.07. The predicted molar refractivity (Wildman–Crippen MR) is 72.7 cm³/mol. The number of fused-ring (bicyclic) bond motifs is 1. The van der Waals surface area contributed by atoms with Crippen molar-refractivity contribution >= 4 is 10.8 Å². The lowest BCUT2D eigenvalue weighted by molar-refractivity contribution is 0.233. The van der Waals surface area contributed by atoms with Gasteiger partial charge in [0.25, 0.3) is 0 Å². The van der Waals surface area contributed by atoms with Gasteiger partial charge in [-0.05, 0) is 44.5 Å². The Kier molecular flexibility index (Phi) is 3.32. The Morgan fingerprint density at radius 2 is 1.83 bits per heavy atom. The van der Waals surface area contributed by atoms with Crippen LogP contribution in [0, 0.1) is 6.92 Å². The van der Waals surface area contributed by atoms with Gasteiger partial charge in [0.2, 0.25) is 0 Å². The maximum absolute atomic E-state index is 9.92. The molecule has 0 aliphatic heterocycles. The van der Waals surface area contributed by atoms with E-state index in [0.29, 0.717) is 11.5 Å². The van der Waals surface area contributed by atoms with E-state index in [9.17, 15) is 5.11 Å². The standard InChI is InChI=1S/C15H18O3/c1-9(2)18-15-13(17-4)8-6-11-12(16)7-5-10(3)14(11)15/h5-9,16H,1-4H3. The molecule has 3 heteroatoms. The second-order valence-corrected chi connectivity index (χ2v) is 4.59. The molecule has 18 heavy (non-hydrogen) atoms. The molecule has 0 heterocycles. The van der Waals surface area contributed by atoms with E-state index in [2.05, 4.69) is 0 Å². The zero-order chi connectivity index (χ0) is 13.3. The van der Waals surface area contributed by atoms with Gasteiger partial charge in [0, 0.05) is 10.8 Å². The van der Waals surface area contributed by atoms with E-state index in [1.54, 1.807) is 13.2 Å². The minimum atomic E-state index is 0.0475. The summed E-state index contributed by atoms with van der Waals surface area (Å²) in [6.45, 7) is 5.93. The SMILES string of the molecule is COc1ccc2c(O)ccc(C)c2c1OC(C)C. The van der Waals surface area contributed by atoms with E-state index < -0.39 is 0 Å². The fourth-order valence-corrected chi connectivity index (χ4v) is 2.06. The fraction of sp³-hybridized carbons (Fsp3) is 0.333. The van der Waals surface area contributed by atoms with E-state index in [-0.39, 0.29) is 11.9 Å². The summed E-state index contributed by atoms with van der Waals surface area (Å²) in [6, 6.07) is 7.25. The highest BCUT2D eigenvalue weighted by Gasteiger charge is 2.15. The Morgan fingerprint density at radius 3 is 2.44 bits per heavy atom. The first-order chi connectivity index (χ1) is 8.54. The van der Waals surface area contributed by atoms with Crippen LogP contribution < -0.4 is 9.47 Å². The van der Waals surface area contributed by atoms with Crippen LogP contribution in [0.4, 0.5) is 0 Å². The number of benzene rings is 2. The number of phenols is 1. The summed E-state index contributed by atoms with van der Waals surface area (Å²) in [7, 11) is 1.62. The van der Waals surface area contributed by atoms with Crippen molar-refractivity contribution in [1.82, 2.24) is 0 Å². The largest absolute Gasteiger partial charge is 0.507 e. The van der Waals surface area contributed by atoms with E-state index >= 15 is 0 Å². The van der Waals surface area contributed by atoms with Crippen LogP contribution in [0.2, 0.25) is 0 Å². The number of rotatable bonds is 3. The maximum atomic E-state index is 9.92. The second kappa shape index (κ2) is 4.77. The van der Waals surface area contributed by atoms with Crippen molar-refractivity contribution in [1.29, 1.82) is 0 Å². The van der Waals surface area contributed by atoms with Crippen molar-refractivity contribution in [2.45, 2.75) is 26.9 Å². The van der Waals surface area contributed by atoms with Gasteiger partial charge in [-0.2, -0.15) is 0 Å². The molecule has 0 saturated carbocycles. The summed E-state index contributed by atoms with van der Waals surface area (Å²) in [5.41, 5.74) is 1.05. The molecule has 0 unspecified atom stereocenters. The van der Waals surface area contributed by atoms with Gasteiger partial charge >= 0.3 is 0 Å². The van der Waals surface area contributed by atoms with Crippen molar-refractivity contribution < 1.29 is 14.6 Å². The monoisotopic (exact) mass is 246 g/mol. The Balaban J connectivity index is 2.79. The van der Waals surface area contributed by atoms with E-state index in [1.165, 1.54) is 0 Å². The van der Waals surface area contributed by atoms with E-state index in [0.717, 1.165) is 16.3 Å². The summed E-state index contributed by atoms with van der Waals surface area (Å²) in [4.78, 5) is 0. The molecule has 2 aromatic carbocycles. The maximum Gasteiger partial charge on any atom is 0.169 e. The third-order valence-electron chi connectivity index (χ3n) is 2.86. The van der Waals surface area contributed by atoms with Gasteiger partial charge in [-0.3, -0.25) is 0 Å². The fourth-order valence-electron chi connectivity index (χ4n) is 2.06. The molecule has 3 nitrogen and oxygen atoms in total. The van der Waals surface area contributed by atoms with Gasteiger partial charge < -0.3 is 14.6 Å². The highest BCUT2D eigenvalue weighted by Crippen LogP contribution is 2.41. The minimum Gasteiger partial charge on any atom is -0.507 e. The molecule has 2 aromatic rings. The molecule has 0 atom stereocenters. The summed E-state index contributed by atoms with van der Waals surface area (Å²) in [6.07, 6.45) is 0.0475. The molecule has 0 amide bonds. The van der Waals surface area contributed by atoms with Crippen LogP contribution in [0.3, 0.4) is 0 Å². The van der Waals surface area contributed by atoms with Gasteiger partial charge in [-0.15, -0.1) is 0 Å². The number of aryl methyl sites for hydroxylation is 1. The van der Waals surface area contributed by atoms with E-state index in [4.69, 9.17) is 9.47 Å². The molecule has 0 aliphatic carbocycles. The molecule has 96 valence electrons. The number of aromatic hydroxyl groups is 1. The molecule has 0 spiro atoms. The predicted octanol–water partition coefficient (Wildman–Crippen LogP) is 3.65. The lowest BCUT2D eigenvalue weighted by Gasteiger charge is -2.17. The molecule has 0 aliphatic rings. The van der Waals surface area contributed by atoms with Crippen LogP contribution in [0.1, 0.15) is 19.4 Å². The van der Waals surface area contributed by atoms with Crippen molar-refractivity contribution in [3.8, 4) is 17.2 Å². The Labute approximate surface area is 107 Å². The third kappa shape index (κ3) is 2.08. The minimum absolute atomic E-state index is 0.0475. The molecular formula is C15H18O3. The van der Waals surface area contributed by atoms with Crippen molar-refractivity contribution in [3.63, 3.8) is 0 Å². The first kappa shape index (κ1) is 12.6. The molecule has 0 bridgehead atoms. The Morgan fingerprint density at radius 1 is 1.11 bits per heavy atom. The summed E-state index contributed by atoms with van der Waals surface area (Å²) in [5, 5.41) is 11.6. The quantitative estimate of drug-likeness (QED) is 0.898. The molecule has 1 N–H and O–H groups in total. The number of phenolic OH excluding ortho intramolecular Hbond substituents is 1. The van der Waals surface area contributed by atoms with Gasteiger partial charge in [-0.1, -0.05) is 6.07 Å². The van der Waals surface area contributed by atoms with Crippen LogP contribution in [0.5, 0.6) is 17.2 Å². The number of hydrogen-bond donors (Lipinski definition) is 1. The number of methoxy groups -OCH3 is 1. The van der Waals surface area contributed by atoms with Crippen molar-refractivity contribution in [2.24, 2.45) is 0 Å². The lowest BCUT2D eigenvalue weighted by atomic mass is 10.0. The normalized spacial score (nSPS) is 10.9. The smallest absolute Gasteiger partial charge is 0.169 e. The molecule has 0 radical (unpaired) electrons. The highest BCUT2D eigenvalue weighted by molar-refractivity contribution is 5.97. The van der Waals surface area contributed by atoms with Gasteiger partial charge in [0.15, 0.2) is 11.5 Å². The van der Waals surface area contributed by atoms with Crippen LogP contribution in [0.25, 0.3) is 10.8 Å². The number of hydrogen-bond acceptors (Lipinski definition) is 3. The summed E-state index contributed by atoms with van der Waals surface area (Å²) < 4.78 is 11.2. The molecular weight excluding hydrogens is 228 g/mol. The van der Waals surface area contributed by atoms with Gasteiger partial charge in [0.1, 0.15) is 5.75 Å². The first-order valence-corrected chi connectivity index (χ1v) is 6.00. The van der Waals surface area contributed by atoms with Crippen molar-refractivity contribution in [2.75, 3.05) is 7.11 Å². The van der Waals surface area contributed by atoms with Gasteiger partial charge in [0.05, 0.1) is 13.2 Å². The zero-order valence-electron chi connectivity index (χ0n) is 11.2. The van der Waals surface area contributed by atoms with E-state index in [1.807, 2.05) is 39.0 Å².